The van der Waals surface area contributed by atoms with E-state index >= 15 is 0 Å². The van der Waals surface area contributed by atoms with Crippen molar-refractivity contribution in [2.45, 2.75) is 0 Å². The third-order valence-electron chi connectivity index (χ3n) is 4.20. The van der Waals surface area contributed by atoms with E-state index in [-0.39, 0.29) is 17.6 Å². The molecule has 7 heteroatoms. The second-order valence-corrected chi connectivity index (χ2v) is 6.01. The quantitative estimate of drug-likeness (QED) is 0.834. The predicted molar refractivity (Wildman–Crippen MR) is 90.7 cm³/mol. The average Bonchev–Trinajstić information content (AvgIpc) is 2.62. The van der Waals surface area contributed by atoms with E-state index in [4.69, 9.17) is 0 Å². The van der Waals surface area contributed by atoms with Crippen LogP contribution >= 0.6 is 0 Å². The van der Waals surface area contributed by atoms with Crippen molar-refractivity contribution in [2.24, 2.45) is 0 Å². The summed E-state index contributed by atoms with van der Waals surface area (Å²) in [7, 11) is 0. The number of quaternary nitrogens is 1. The number of pyridine rings is 1. The van der Waals surface area contributed by atoms with Gasteiger partial charge in [-0.1, -0.05) is 6.07 Å². The molecule has 130 valence electrons. The van der Waals surface area contributed by atoms with E-state index in [9.17, 15) is 14.0 Å². The smallest absolute Gasteiger partial charge is 0.279 e. The lowest BCUT2D eigenvalue weighted by Crippen LogP contribution is -3.15. The number of rotatable bonds is 4. The number of amides is 2. The van der Waals surface area contributed by atoms with Crippen LogP contribution in [0.3, 0.4) is 0 Å². The van der Waals surface area contributed by atoms with Gasteiger partial charge in [0.2, 0.25) is 0 Å². The number of anilines is 1. The SMILES string of the molecule is O=C(C[NH+]1CCN(C(=O)c2ccncc2)CC1)Nc1cccc(F)c1. The van der Waals surface area contributed by atoms with Crippen molar-refractivity contribution in [2.75, 3.05) is 38.0 Å². The fraction of sp³-hybridized carbons (Fsp3) is 0.278. The van der Waals surface area contributed by atoms with E-state index in [0.29, 0.717) is 44.0 Å². The molecule has 2 aromatic rings. The lowest BCUT2D eigenvalue weighted by atomic mass is 10.2. The highest BCUT2D eigenvalue weighted by Crippen LogP contribution is 2.08. The summed E-state index contributed by atoms with van der Waals surface area (Å²) in [5.41, 5.74) is 1.08. The summed E-state index contributed by atoms with van der Waals surface area (Å²) in [6.07, 6.45) is 3.21. The van der Waals surface area contributed by atoms with Crippen LogP contribution < -0.4 is 10.2 Å². The van der Waals surface area contributed by atoms with Gasteiger partial charge in [0.25, 0.3) is 11.8 Å². The molecule has 0 aliphatic carbocycles. The van der Waals surface area contributed by atoms with Gasteiger partial charge in [0.15, 0.2) is 6.54 Å². The zero-order valence-corrected chi connectivity index (χ0v) is 13.7. The standard InChI is InChI=1S/C18H19FN4O2/c19-15-2-1-3-16(12-15)21-17(24)13-22-8-10-23(11-9-22)18(25)14-4-6-20-7-5-14/h1-7,12H,8-11,13H2,(H,21,24)/p+1. The molecule has 2 N–H and O–H groups in total. The molecule has 0 bridgehead atoms. The summed E-state index contributed by atoms with van der Waals surface area (Å²) < 4.78 is 13.1. The van der Waals surface area contributed by atoms with Crippen molar-refractivity contribution < 1.29 is 18.9 Å². The molecule has 0 spiro atoms. The van der Waals surface area contributed by atoms with Crippen LogP contribution in [0.4, 0.5) is 10.1 Å². The van der Waals surface area contributed by atoms with Gasteiger partial charge < -0.3 is 15.1 Å². The van der Waals surface area contributed by atoms with Crippen LogP contribution in [0.15, 0.2) is 48.8 Å². The van der Waals surface area contributed by atoms with Crippen LogP contribution in [0.2, 0.25) is 0 Å². The molecule has 0 radical (unpaired) electrons. The maximum atomic E-state index is 13.1. The Hall–Kier alpha value is -2.80. The summed E-state index contributed by atoms with van der Waals surface area (Å²) in [5, 5.41) is 2.70. The molecular weight excluding hydrogens is 323 g/mol. The van der Waals surface area contributed by atoms with E-state index in [1.165, 1.54) is 12.1 Å². The Morgan fingerprint density at radius 1 is 1.16 bits per heavy atom. The molecule has 0 unspecified atom stereocenters. The summed E-state index contributed by atoms with van der Waals surface area (Å²) in [6, 6.07) is 9.24. The molecule has 1 saturated heterocycles. The minimum Gasteiger partial charge on any atom is -0.327 e. The Morgan fingerprint density at radius 3 is 2.56 bits per heavy atom. The summed E-state index contributed by atoms with van der Waals surface area (Å²) in [5.74, 6) is -0.548. The number of aromatic nitrogens is 1. The lowest BCUT2D eigenvalue weighted by Gasteiger charge is -2.31. The third-order valence-corrected chi connectivity index (χ3v) is 4.20. The minimum atomic E-state index is -0.381. The van der Waals surface area contributed by atoms with E-state index < -0.39 is 0 Å². The average molecular weight is 343 g/mol. The van der Waals surface area contributed by atoms with Gasteiger partial charge in [0.1, 0.15) is 5.82 Å². The van der Waals surface area contributed by atoms with E-state index in [1.54, 1.807) is 41.6 Å². The Bertz CT molecular complexity index is 746. The zero-order valence-electron chi connectivity index (χ0n) is 13.7. The first-order valence-corrected chi connectivity index (χ1v) is 8.20. The maximum Gasteiger partial charge on any atom is 0.279 e. The summed E-state index contributed by atoms with van der Waals surface area (Å²) in [6.45, 7) is 2.90. The van der Waals surface area contributed by atoms with Crippen molar-refractivity contribution in [1.82, 2.24) is 9.88 Å². The monoisotopic (exact) mass is 343 g/mol. The van der Waals surface area contributed by atoms with Crippen molar-refractivity contribution >= 4 is 17.5 Å². The molecule has 1 aromatic heterocycles. The Labute approximate surface area is 145 Å². The van der Waals surface area contributed by atoms with Crippen LogP contribution in [-0.4, -0.2) is 54.4 Å². The van der Waals surface area contributed by atoms with Gasteiger partial charge in [-0.25, -0.2) is 4.39 Å². The van der Waals surface area contributed by atoms with Crippen LogP contribution in [0.25, 0.3) is 0 Å². The largest absolute Gasteiger partial charge is 0.327 e. The second-order valence-electron chi connectivity index (χ2n) is 6.01. The molecule has 1 aliphatic heterocycles. The highest BCUT2D eigenvalue weighted by molar-refractivity contribution is 5.94. The first-order chi connectivity index (χ1) is 12.1. The number of carbonyl (C=O) groups excluding carboxylic acids is 2. The molecule has 0 atom stereocenters. The number of hydrogen-bond acceptors (Lipinski definition) is 3. The van der Waals surface area contributed by atoms with Crippen molar-refractivity contribution in [3.8, 4) is 0 Å². The Morgan fingerprint density at radius 2 is 1.88 bits per heavy atom. The normalized spacial score (nSPS) is 15.0. The molecule has 1 aromatic carbocycles. The van der Waals surface area contributed by atoms with Crippen LogP contribution in [-0.2, 0) is 4.79 Å². The molecule has 25 heavy (non-hydrogen) atoms. The van der Waals surface area contributed by atoms with Crippen molar-refractivity contribution in [3.05, 3.63) is 60.2 Å². The number of piperazine rings is 1. The van der Waals surface area contributed by atoms with E-state index in [2.05, 4.69) is 10.3 Å². The van der Waals surface area contributed by atoms with Gasteiger partial charge in [-0.05, 0) is 30.3 Å². The van der Waals surface area contributed by atoms with Crippen LogP contribution in [0, 0.1) is 5.82 Å². The molecule has 1 aliphatic rings. The van der Waals surface area contributed by atoms with E-state index in [1.807, 2.05) is 0 Å². The third kappa shape index (κ3) is 4.60. The number of carbonyl (C=O) groups is 2. The molecule has 3 rings (SSSR count). The maximum absolute atomic E-state index is 13.1. The molecule has 0 saturated carbocycles. The lowest BCUT2D eigenvalue weighted by molar-refractivity contribution is -0.895. The molecule has 2 amide bonds. The molecule has 6 nitrogen and oxygen atoms in total. The van der Waals surface area contributed by atoms with Gasteiger partial charge in [-0.2, -0.15) is 0 Å². The minimum absolute atomic E-state index is 0.00865. The second kappa shape index (κ2) is 7.85. The fourth-order valence-electron chi connectivity index (χ4n) is 2.88. The number of nitrogens with zero attached hydrogens (tertiary/aromatic N) is 2. The highest BCUT2D eigenvalue weighted by atomic mass is 19.1. The van der Waals surface area contributed by atoms with E-state index in [0.717, 1.165) is 4.90 Å². The first kappa shape index (κ1) is 17.0. The number of halogens is 1. The Kier molecular flexibility index (Phi) is 5.35. The number of hydrogen-bond donors (Lipinski definition) is 2. The summed E-state index contributed by atoms with van der Waals surface area (Å²) in [4.78, 5) is 31.3. The van der Waals surface area contributed by atoms with Gasteiger partial charge >= 0.3 is 0 Å². The van der Waals surface area contributed by atoms with Gasteiger partial charge in [-0.3, -0.25) is 14.6 Å². The van der Waals surface area contributed by atoms with Gasteiger partial charge in [0, 0.05) is 23.6 Å². The molecule has 2 heterocycles. The topological polar surface area (TPSA) is 66.7 Å². The van der Waals surface area contributed by atoms with Crippen molar-refractivity contribution in [1.29, 1.82) is 0 Å². The first-order valence-electron chi connectivity index (χ1n) is 8.20. The van der Waals surface area contributed by atoms with Crippen molar-refractivity contribution in [3.63, 3.8) is 0 Å². The fourth-order valence-corrected chi connectivity index (χ4v) is 2.88. The van der Waals surface area contributed by atoms with Crippen LogP contribution in [0.1, 0.15) is 10.4 Å². The van der Waals surface area contributed by atoms with Crippen LogP contribution in [0.5, 0.6) is 0 Å². The van der Waals surface area contributed by atoms with Gasteiger partial charge in [-0.15, -0.1) is 0 Å². The van der Waals surface area contributed by atoms with Gasteiger partial charge in [0.05, 0.1) is 26.2 Å². The Balaban J connectivity index is 1.47. The predicted octanol–water partition coefficient (Wildman–Crippen LogP) is 0.200. The number of benzene rings is 1. The molecular formula is C18H20FN4O2+. The number of nitrogens with one attached hydrogen (secondary N) is 2. The summed E-state index contributed by atoms with van der Waals surface area (Å²) >= 11 is 0. The highest BCUT2D eigenvalue weighted by Gasteiger charge is 2.25. The molecule has 1 fully saturated rings. The zero-order chi connectivity index (χ0) is 17.6.